The number of benzene rings is 1. The quantitative estimate of drug-likeness (QED) is 0.790. The van der Waals surface area contributed by atoms with Crippen LogP contribution in [0.2, 0.25) is 0 Å². The molecule has 1 aliphatic rings. The summed E-state index contributed by atoms with van der Waals surface area (Å²) in [5.41, 5.74) is 1.28. The number of allylic oxidation sites excluding steroid dienone is 2. The van der Waals surface area contributed by atoms with Gasteiger partial charge in [-0.15, -0.1) is 0 Å². The van der Waals surface area contributed by atoms with Gasteiger partial charge in [0.15, 0.2) is 0 Å². The lowest BCUT2D eigenvalue weighted by atomic mass is 9.82. The Labute approximate surface area is 140 Å². The maximum Gasteiger partial charge on any atom is 0.338 e. The van der Waals surface area contributed by atoms with E-state index >= 15 is 0 Å². The van der Waals surface area contributed by atoms with Crippen molar-refractivity contribution >= 4 is 11.9 Å². The van der Waals surface area contributed by atoms with E-state index in [1.54, 1.807) is 45.2 Å². The van der Waals surface area contributed by atoms with Gasteiger partial charge < -0.3 is 18.9 Å². The van der Waals surface area contributed by atoms with E-state index in [-0.39, 0.29) is 11.1 Å². The van der Waals surface area contributed by atoms with Gasteiger partial charge in [-0.05, 0) is 31.5 Å². The molecule has 2 rings (SSSR count). The minimum atomic E-state index is -0.635. The fraction of sp³-hybridized carbons (Fsp3) is 0.333. The molecular weight excluding hydrogens is 312 g/mol. The van der Waals surface area contributed by atoms with E-state index in [2.05, 4.69) is 0 Å². The van der Waals surface area contributed by atoms with Crippen LogP contribution in [0.3, 0.4) is 0 Å². The summed E-state index contributed by atoms with van der Waals surface area (Å²) in [5.74, 6) is -0.277. The fourth-order valence-electron chi connectivity index (χ4n) is 2.76. The van der Waals surface area contributed by atoms with Gasteiger partial charge in [0.05, 0.1) is 38.4 Å². The van der Waals surface area contributed by atoms with Gasteiger partial charge in [-0.25, -0.2) is 9.59 Å². The molecule has 0 saturated carbocycles. The number of carbonyl (C=O) groups excluding carboxylic acids is 2. The van der Waals surface area contributed by atoms with E-state index < -0.39 is 17.9 Å². The molecular formula is C18H20O6. The van der Waals surface area contributed by atoms with Gasteiger partial charge in [0.25, 0.3) is 0 Å². The Balaban J connectivity index is 2.64. The van der Waals surface area contributed by atoms with Crippen molar-refractivity contribution in [1.29, 1.82) is 0 Å². The number of hydrogen-bond donors (Lipinski definition) is 0. The summed E-state index contributed by atoms with van der Waals surface area (Å²) in [6.07, 6.45) is 0. The Hall–Kier alpha value is -2.76. The molecule has 0 bridgehead atoms. The highest BCUT2D eigenvalue weighted by Crippen LogP contribution is 2.41. The third kappa shape index (κ3) is 3.13. The Kier molecular flexibility index (Phi) is 5.28. The number of esters is 2. The Morgan fingerprint density at radius 3 is 1.71 bits per heavy atom. The lowest BCUT2D eigenvalue weighted by Gasteiger charge is -2.29. The molecule has 1 heterocycles. The van der Waals surface area contributed by atoms with Gasteiger partial charge in [0.1, 0.15) is 17.3 Å². The first-order valence-electron chi connectivity index (χ1n) is 7.34. The van der Waals surface area contributed by atoms with Crippen LogP contribution in [0.1, 0.15) is 25.3 Å². The van der Waals surface area contributed by atoms with Gasteiger partial charge >= 0.3 is 11.9 Å². The molecule has 0 aromatic heterocycles. The van der Waals surface area contributed by atoms with Gasteiger partial charge in [0, 0.05) is 0 Å². The van der Waals surface area contributed by atoms with Crippen LogP contribution >= 0.6 is 0 Å². The molecule has 1 aromatic carbocycles. The van der Waals surface area contributed by atoms with Crippen LogP contribution < -0.4 is 4.74 Å². The topological polar surface area (TPSA) is 71.1 Å². The summed E-state index contributed by atoms with van der Waals surface area (Å²) in [4.78, 5) is 24.6. The standard InChI is InChI=1S/C18H20O6/c1-10-14(17(19)22-4)16(12-6-8-13(21-3)9-7-12)15(11(2)24-10)18(20)23-5/h6-9,16H,1-5H3. The van der Waals surface area contributed by atoms with E-state index in [4.69, 9.17) is 18.9 Å². The predicted octanol–water partition coefficient (Wildman–Crippen LogP) is 2.70. The Morgan fingerprint density at radius 2 is 1.33 bits per heavy atom. The van der Waals surface area contributed by atoms with E-state index in [0.29, 0.717) is 17.3 Å². The molecule has 0 spiro atoms. The summed E-state index contributed by atoms with van der Waals surface area (Å²) in [5, 5.41) is 0. The zero-order valence-electron chi connectivity index (χ0n) is 14.3. The zero-order chi connectivity index (χ0) is 17.9. The van der Waals surface area contributed by atoms with Crippen LogP contribution in [0.25, 0.3) is 0 Å². The molecule has 1 aliphatic heterocycles. The summed E-state index contributed by atoms with van der Waals surface area (Å²) >= 11 is 0. The minimum absolute atomic E-state index is 0.272. The summed E-state index contributed by atoms with van der Waals surface area (Å²) in [6.45, 7) is 3.33. The molecule has 0 saturated heterocycles. The van der Waals surface area contributed by atoms with Gasteiger partial charge in [0.2, 0.25) is 0 Å². The van der Waals surface area contributed by atoms with E-state index in [1.165, 1.54) is 14.2 Å². The normalized spacial score (nSPS) is 15.0. The fourth-order valence-corrected chi connectivity index (χ4v) is 2.76. The highest BCUT2D eigenvalue weighted by Gasteiger charge is 2.38. The Morgan fingerprint density at radius 1 is 0.875 bits per heavy atom. The molecule has 6 nitrogen and oxygen atoms in total. The lowest BCUT2D eigenvalue weighted by molar-refractivity contribution is -0.137. The van der Waals surface area contributed by atoms with Crippen molar-refractivity contribution in [3.05, 3.63) is 52.5 Å². The molecule has 1 aromatic rings. The second-order valence-electron chi connectivity index (χ2n) is 5.23. The largest absolute Gasteiger partial charge is 0.497 e. The zero-order valence-corrected chi connectivity index (χ0v) is 14.3. The van der Waals surface area contributed by atoms with Gasteiger partial charge in [-0.2, -0.15) is 0 Å². The van der Waals surface area contributed by atoms with Crippen molar-refractivity contribution in [2.24, 2.45) is 0 Å². The number of methoxy groups -OCH3 is 3. The van der Waals surface area contributed by atoms with Crippen molar-refractivity contribution in [2.45, 2.75) is 19.8 Å². The van der Waals surface area contributed by atoms with Crippen LogP contribution in [0.4, 0.5) is 0 Å². The monoisotopic (exact) mass is 332 g/mol. The highest BCUT2D eigenvalue weighted by molar-refractivity contribution is 5.99. The average Bonchev–Trinajstić information content (AvgIpc) is 2.60. The molecule has 128 valence electrons. The van der Waals surface area contributed by atoms with Crippen LogP contribution in [0.15, 0.2) is 46.9 Å². The summed E-state index contributed by atoms with van der Waals surface area (Å²) in [7, 11) is 4.14. The number of hydrogen-bond acceptors (Lipinski definition) is 6. The molecule has 6 heteroatoms. The number of carbonyl (C=O) groups is 2. The maximum absolute atomic E-state index is 12.3. The third-order valence-electron chi connectivity index (χ3n) is 3.90. The van der Waals surface area contributed by atoms with Crippen molar-refractivity contribution < 1.29 is 28.5 Å². The molecule has 0 N–H and O–H groups in total. The summed E-state index contributed by atoms with van der Waals surface area (Å²) < 4.78 is 20.5. The lowest BCUT2D eigenvalue weighted by Crippen LogP contribution is -2.26. The molecule has 0 fully saturated rings. The van der Waals surface area contributed by atoms with E-state index in [9.17, 15) is 9.59 Å². The summed E-state index contributed by atoms with van der Waals surface area (Å²) in [6, 6.07) is 7.11. The highest BCUT2D eigenvalue weighted by atomic mass is 16.5. The van der Waals surface area contributed by atoms with Crippen LogP contribution in [0, 0.1) is 0 Å². The van der Waals surface area contributed by atoms with E-state index in [0.717, 1.165) is 5.56 Å². The Bertz CT molecular complexity index is 674. The first-order valence-corrected chi connectivity index (χ1v) is 7.34. The van der Waals surface area contributed by atoms with Crippen LogP contribution in [0.5, 0.6) is 5.75 Å². The molecule has 0 amide bonds. The predicted molar refractivity (Wildman–Crippen MR) is 86.3 cm³/mol. The molecule has 0 radical (unpaired) electrons. The third-order valence-corrected chi connectivity index (χ3v) is 3.90. The van der Waals surface area contributed by atoms with Crippen molar-refractivity contribution in [3.8, 4) is 5.75 Å². The molecule has 24 heavy (non-hydrogen) atoms. The number of ether oxygens (including phenoxy) is 4. The first-order chi connectivity index (χ1) is 11.4. The van der Waals surface area contributed by atoms with Crippen molar-refractivity contribution in [2.75, 3.05) is 21.3 Å². The smallest absolute Gasteiger partial charge is 0.338 e. The first kappa shape index (κ1) is 17.6. The molecule has 0 atom stereocenters. The van der Waals surface area contributed by atoms with Crippen molar-refractivity contribution in [3.63, 3.8) is 0 Å². The molecule has 0 aliphatic carbocycles. The average molecular weight is 332 g/mol. The van der Waals surface area contributed by atoms with Crippen LogP contribution in [-0.2, 0) is 23.8 Å². The SMILES string of the molecule is COC(=O)C1=C(C)OC(C)=C(C(=O)OC)C1c1ccc(OC)cc1. The number of rotatable bonds is 4. The maximum atomic E-state index is 12.3. The minimum Gasteiger partial charge on any atom is -0.497 e. The van der Waals surface area contributed by atoms with Crippen LogP contribution in [-0.4, -0.2) is 33.3 Å². The van der Waals surface area contributed by atoms with Gasteiger partial charge in [-0.1, -0.05) is 12.1 Å². The van der Waals surface area contributed by atoms with Gasteiger partial charge in [-0.3, -0.25) is 0 Å². The molecule has 0 unspecified atom stereocenters. The second-order valence-corrected chi connectivity index (χ2v) is 5.23. The van der Waals surface area contributed by atoms with Crippen molar-refractivity contribution in [1.82, 2.24) is 0 Å². The second kappa shape index (κ2) is 7.21. The van der Waals surface area contributed by atoms with E-state index in [1.807, 2.05) is 0 Å².